The Bertz CT molecular complexity index is 962. The molecule has 1 aliphatic rings. The van der Waals surface area contributed by atoms with Crippen LogP contribution >= 0.6 is 0 Å². The number of benzene rings is 2. The van der Waals surface area contributed by atoms with Crippen molar-refractivity contribution >= 4 is 23.2 Å². The first-order valence-corrected chi connectivity index (χ1v) is 9.33. The number of hydrogen-bond donors (Lipinski definition) is 2. The predicted octanol–water partition coefficient (Wildman–Crippen LogP) is 1.62. The van der Waals surface area contributed by atoms with E-state index in [0.717, 1.165) is 5.56 Å². The zero-order chi connectivity index (χ0) is 21.7. The van der Waals surface area contributed by atoms with Gasteiger partial charge in [0.1, 0.15) is 29.1 Å². The summed E-state index contributed by atoms with van der Waals surface area (Å²) in [5.41, 5.74) is 7.01. The van der Waals surface area contributed by atoms with E-state index in [1.165, 1.54) is 29.3 Å². The van der Waals surface area contributed by atoms with Gasteiger partial charge in [0.15, 0.2) is 0 Å². The van der Waals surface area contributed by atoms with Crippen LogP contribution in [0.2, 0.25) is 0 Å². The van der Waals surface area contributed by atoms with Gasteiger partial charge in [-0.15, -0.1) is 0 Å². The lowest BCUT2D eigenvalue weighted by molar-refractivity contribution is -0.119. The van der Waals surface area contributed by atoms with Crippen molar-refractivity contribution in [2.24, 2.45) is 10.8 Å². The maximum Gasteiger partial charge on any atom is 0.267 e. The average molecular weight is 414 g/mol. The lowest BCUT2D eigenvalue weighted by Gasteiger charge is -2.20. The Morgan fingerprint density at radius 1 is 1.20 bits per heavy atom. The van der Waals surface area contributed by atoms with Crippen LogP contribution in [0.4, 0.5) is 10.1 Å². The van der Waals surface area contributed by atoms with Crippen LogP contribution in [0.1, 0.15) is 12.0 Å². The first-order valence-electron chi connectivity index (χ1n) is 9.33. The molecule has 0 fully saturated rings. The fourth-order valence-electron chi connectivity index (χ4n) is 3.19. The molecule has 0 aliphatic carbocycles. The Morgan fingerprint density at radius 2 is 1.93 bits per heavy atom. The summed E-state index contributed by atoms with van der Waals surface area (Å²) in [5.74, 6) is -0.0423. The summed E-state index contributed by atoms with van der Waals surface area (Å²) in [4.78, 5) is 24.4. The predicted molar refractivity (Wildman–Crippen MR) is 110 cm³/mol. The number of nitrogens with one attached hydrogen (secondary N) is 1. The number of halogens is 1. The monoisotopic (exact) mass is 414 g/mol. The van der Waals surface area contributed by atoms with Gasteiger partial charge in [-0.25, -0.2) is 4.39 Å². The van der Waals surface area contributed by atoms with Gasteiger partial charge in [-0.2, -0.15) is 5.10 Å². The van der Waals surface area contributed by atoms with Gasteiger partial charge in [-0.05, 0) is 54.4 Å². The van der Waals surface area contributed by atoms with E-state index in [9.17, 15) is 14.0 Å². The number of hydrazone groups is 1. The quantitative estimate of drug-likeness (QED) is 0.683. The zero-order valence-corrected chi connectivity index (χ0v) is 16.7. The van der Waals surface area contributed by atoms with E-state index in [-0.39, 0.29) is 12.1 Å². The second kappa shape index (κ2) is 9.25. The summed E-state index contributed by atoms with van der Waals surface area (Å²) >= 11 is 0. The summed E-state index contributed by atoms with van der Waals surface area (Å²) in [5, 5.41) is 8.39. The fourth-order valence-corrected chi connectivity index (χ4v) is 3.19. The Hall–Kier alpha value is -3.62. The molecule has 1 unspecified atom stereocenters. The minimum Gasteiger partial charge on any atom is -0.497 e. The van der Waals surface area contributed by atoms with E-state index < -0.39 is 23.7 Å². The van der Waals surface area contributed by atoms with Crippen molar-refractivity contribution in [1.82, 2.24) is 5.32 Å². The van der Waals surface area contributed by atoms with Gasteiger partial charge >= 0.3 is 0 Å². The summed E-state index contributed by atoms with van der Waals surface area (Å²) in [6.45, 7) is 0.333. The highest BCUT2D eigenvalue weighted by Gasteiger charge is 2.34. The molecule has 0 spiro atoms. The Balaban J connectivity index is 1.67. The maximum atomic E-state index is 13.2. The molecule has 158 valence electrons. The van der Waals surface area contributed by atoms with Crippen molar-refractivity contribution in [3.8, 4) is 11.5 Å². The molecule has 3 N–H and O–H groups in total. The van der Waals surface area contributed by atoms with Gasteiger partial charge in [0, 0.05) is 13.0 Å². The van der Waals surface area contributed by atoms with E-state index in [1.54, 1.807) is 26.4 Å². The third-order valence-corrected chi connectivity index (χ3v) is 4.76. The first-order chi connectivity index (χ1) is 14.4. The van der Waals surface area contributed by atoms with E-state index in [1.807, 2.05) is 6.07 Å². The summed E-state index contributed by atoms with van der Waals surface area (Å²) in [6.07, 6.45) is 0.585. The van der Waals surface area contributed by atoms with Crippen molar-refractivity contribution in [3.05, 3.63) is 53.8 Å². The van der Waals surface area contributed by atoms with Crippen molar-refractivity contribution in [2.45, 2.75) is 18.9 Å². The van der Waals surface area contributed by atoms with Crippen LogP contribution in [0.25, 0.3) is 0 Å². The second-order valence-corrected chi connectivity index (χ2v) is 6.67. The van der Waals surface area contributed by atoms with Crippen molar-refractivity contribution in [1.29, 1.82) is 0 Å². The van der Waals surface area contributed by atoms with Crippen molar-refractivity contribution in [2.75, 3.05) is 25.8 Å². The number of amides is 2. The molecule has 0 saturated carbocycles. The maximum absolute atomic E-state index is 13.2. The van der Waals surface area contributed by atoms with Crippen LogP contribution in [-0.2, 0) is 16.0 Å². The van der Waals surface area contributed by atoms with Gasteiger partial charge in [0.25, 0.3) is 5.91 Å². The van der Waals surface area contributed by atoms with E-state index >= 15 is 0 Å². The molecule has 0 saturated heterocycles. The summed E-state index contributed by atoms with van der Waals surface area (Å²) < 4.78 is 23.7. The van der Waals surface area contributed by atoms with Gasteiger partial charge in [-0.3, -0.25) is 14.6 Å². The average Bonchev–Trinajstić information content (AvgIpc) is 3.20. The van der Waals surface area contributed by atoms with Gasteiger partial charge < -0.3 is 20.5 Å². The Kier molecular flexibility index (Phi) is 6.51. The zero-order valence-electron chi connectivity index (χ0n) is 16.7. The number of nitrogens with zero attached hydrogens (tertiary/aromatic N) is 2. The lowest BCUT2D eigenvalue weighted by Crippen LogP contribution is -2.40. The number of nitrogens with two attached hydrogens (primary N) is 1. The topological polar surface area (TPSA) is 106 Å². The molecular formula is C21H23FN4O4. The Morgan fingerprint density at radius 3 is 2.57 bits per heavy atom. The molecule has 2 amide bonds. The van der Waals surface area contributed by atoms with Gasteiger partial charge in [-0.1, -0.05) is 0 Å². The number of ether oxygens (including phenoxy) is 2. The van der Waals surface area contributed by atoms with Crippen LogP contribution in [0.5, 0.6) is 11.5 Å². The largest absolute Gasteiger partial charge is 0.497 e. The normalized spacial score (nSPS) is 15.5. The number of methoxy groups -OCH3 is 2. The third-order valence-electron chi connectivity index (χ3n) is 4.76. The highest BCUT2D eigenvalue weighted by atomic mass is 19.1. The molecule has 8 nitrogen and oxygen atoms in total. The van der Waals surface area contributed by atoms with E-state index in [4.69, 9.17) is 15.2 Å². The SMILES string of the molecule is COc1ccc(OC)c(CCNC(=O)C2=NN(c3ccc(F)cc3)C(C(N)=O)C2)c1. The van der Waals surface area contributed by atoms with Crippen LogP contribution in [0.15, 0.2) is 47.6 Å². The number of primary amides is 1. The molecule has 0 bridgehead atoms. The smallest absolute Gasteiger partial charge is 0.267 e. The summed E-state index contributed by atoms with van der Waals surface area (Å²) in [7, 11) is 3.15. The van der Waals surface area contributed by atoms with Crippen LogP contribution in [0, 0.1) is 5.82 Å². The third kappa shape index (κ3) is 4.68. The lowest BCUT2D eigenvalue weighted by atomic mass is 10.1. The minimum atomic E-state index is -0.810. The first kappa shape index (κ1) is 21.1. The van der Waals surface area contributed by atoms with Crippen LogP contribution in [0.3, 0.4) is 0 Å². The fraction of sp³-hybridized carbons (Fsp3) is 0.286. The highest BCUT2D eigenvalue weighted by molar-refractivity contribution is 6.40. The van der Waals surface area contributed by atoms with Crippen molar-refractivity contribution in [3.63, 3.8) is 0 Å². The number of rotatable bonds is 8. The van der Waals surface area contributed by atoms with E-state index in [2.05, 4.69) is 10.4 Å². The standard InChI is InChI=1S/C21H23FN4O4/c1-29-16-7-8-19(30-2)13(11-16)9-10-24-21(28)17-12-18(20(23)27)26(25-17)15-5-3-14(22)4-6-15/h3-8,11,18H,9-10,12H2,1-2H3,(H2,23,27)(H,24,28). The van der Waals surface area contributed by atoms with Crippen LogP contribution < -0.4 is 25.5 Å². The molecule has 0 aromatic heterocycles. The molecule has 2 aromatic carbocycles. The van der Waals surface area contributed by atoms with Crippen LogP contribution in [-0.4, -0.2) is 44.3 Å². The van der Waals surface area contributed by atoms with E-state index in [0.29, 0.717) is 30.2 Å². The molecule has 1 aliphatic heterocycles. The molecule has 2 aromatic rings. The molecular weight excluding hydrogens is 391 g/mol. The molecule has 0 radical (unpaired) electrons. The number of carbonyl (C=O) groups is 2. The molecule has 9 heteroatoms. The number of carbonyl (C=O) groups excluding carboxylic acids is 2. The highest BCUT2D eigenvalue weighted by Crippen LogP contribution is 2.26. The molecule has 30 heavy (non-hydrogen) atoms. The minimum absolute atomic E-state index is 0.0705. The van der Waals surface area contributed by atoms with Crippen molar-refractivity contribution < 1.29 is 23.5 Å². The number of anilines is 1. The second-order valence-electron chi connectivity index (χ2n) is 6.67. The van der Waals surface area contributed by atoms with Gasteiger partial charge in [0.05, 0.1) is 19.9 Å². The molecule has 1 heterocycles. The van der Waals surface area contributed by atoms with Gasteiger partial charge in [0.2, 0.25) is 5.91 Å². The Labute approximate surface area is 173 Å². The number of hydrogen-bond acceptors (Lipinski definition) is 6. The molecule has 1 atom stereocenters. The summed E-state index contributed by atoms with van der Waals surface area (Å²) in [6, 6.07) is 10.1. The molecule has 3 rings (SSSR count).